The van der Waals surface area contributed by atoms with E-state index in [1.165, 1.54) is 11.1 Å². The van der Waals surface area contributed by atoms with Gasteiger partial charge in [-0.15, -0.1) is 11.3 Å². The minimum atomic E-state index is -0.349. The van der Waals surface area contributed by atoms with E-state index in [1.807, 2.05) is 6.07 Å². The molecule has 0 fully saturated rings. The predicted octanol–water partition coefficient (Wildman–Crippen LogP) is 2.67. The van der Waals surface area contributed by atoms with Crippen molar-refractivity contribution in [3.8, 4) is 0 Å². The molecule has 0 atom stereocenters. The van der Waals surface area contributed by atoms with Crippen LogP contribution in [0.25, 0.3) is 0 Å². The van der Waals surface area contributed by atoms with Crippen molar-refractivity contribution in [3.63, 3.8) is 0 Å². The SMILES string of the molecule is CCc1ccc(C=NNC(=O)c2ccco2)s1. The fraction of sp³-hybridized carbons (Fsp3) is 0.167. The zero-order valence-electron chi connectivity index (χ0n) is 9.34. The summed E-state index contributed by atoms with van der Waals surface area (Å²) >= 11 is 1.66. The third-order valence-corrected chi connectivity index (χ3v) is 3.30. The molecule has 0 spiro atoms. The van der Waals surface area contributed by atoms with Crippen LogP contribution in [0.15, 0.2) is 40.0 Å². The topological polar surface area (TPSA) is 54.6 Å². The first-order chi connectivity index (χ1) is 8.29. The van der Waals surface area contributed by atoms with Crippen molar-refractivity contribution in [1.82, 2.24) is 5.43 Å². The maximum Gasteiger partial charge on any atom is 0.307 e. The molecule has 0 radical (unpaired) electrons. The summed E-state index contributed by atoms with van der Waals surface area (Å²) in [6.45, 7) is 2.10. The summed E-state index contributed by atoms with van der Waals surface area (Å²) in [5, 5.41) is 3.87. The smallest absolute Gasteiger partial charge is 0.307 e. The van der Waals surface area contributed by atoms with Crippen LogP contribution in [0.3, 0.4) is 0 Å². The number of carbonyl (C=O) groups is 1. The number of carbonyl (C=O) groups excluding carboxylic acids is 1. The summed E-state index contributed by atoms with van der Waals surface area (Å²) in [7, 11) is 0. The van der Waals surface area contributed by atoms with Gasteiger partial charge in [-0.05, 0) is 30.7 Å². The number of nitrogens with zero attached hydrogens (tertiary/aromatic N) is 1. The largest absolute Gasteiger partial charge is 0.459 e. The summed E-state index contributed by atoms with van der Waals surface area (Å²) < 4.78 is 4.94. The van der Waals surface area contributed by atoms with Crippen molar-refractivity contribution in [3.05, 3.63) is 46.0 Å². The second kappa shape index (κ2) is 5.45. The van der Waals surface area contributed by atoms with E-state index in [4.69, 9.17) is 4.42 Å². The standard InChI is InChI=1S/C12H12N2O2S/c1-2-9-5-6-10(17-9)8-13-14-12(15)11-4-3-7-16-11/h3-8H,2H2,1H3,(H,14,15). The molecule has 17 heavy (non-hydrogen) atoms. The predicted molar refractivity (Wildman–Crippen MR) is 67.5 cm³/mol. The molecule has 5 heteroatoms. The Bertz CT molecular complexity index is 514. The highest BCUT2D eigenvalue weighted by atomic mass is 32.1. The van der Waals surface area contributed by atoms with Crippen molar-refractivity contribution in [1.29, 1.82) is 0 Å². The van der Waals surface area contributed by atoms with Gasteiger partial charge in [-0.2, -0.15) is 5.10 Å². The molecule has 1 N–H and O–H groups in total. The van der Waals surface area contributed by atoms with Crippen molar-refractivity contribution in [2.24, 2.45) is 5.10 Å². The first-order valence-corrected chi connectivity index (χ1v) is 6.07. The highest BCUT2D eigenvalue weighted by Gasteiger charge is 2.05. The second-order valence-corrected chi connectivity index (χ2v) is 4.53. The summed E-state index contributed by atoms with van der Waals surface area (Å²) in [6.07, 6.45) is 4.09. The van der Waals surface area contributed by atoms with Crippen LogP contribution in [-0.2, 0) is 6.42 Å². The fourth-order valence-electron chi connectivity index (χ4n) is 1.27. The maximum absolute atomic E-state index is 11.4. The third-order valence-electron chi connectivity index (χ3n) is 2.13. The van der Waals surface area contributed by atoms with E-state index in [9.17, 15) is 4.79 Å². The molecule has 1 amide bonds. The van der Waals surface area contributed by atoms with E-state index in [0.29, 0.717) is 0 Å². The molecule has 4 nitrogen and oxygen atoms in total. The Hall–Kier alpha value is -1.88. The summed E-state index contributed by atoms with van der Waals surface area (Å²) in [5.41, 5.74) is 2.40. The zero-order chi connectivity index (χ0) is 12.1. The molecular weight excluding hydrogens is 236 g/mol. The molecule has 2 aromatic rings. The van der Waals surface area contributed by atoms with Gasteiger partial charge in [0.15, 0.2) is 5.76 Å². The molecule has 2 heterocycles. The van der Waals surface area contributed by atoms with Gasteiger partial charge in [-0.25, -0.2) is 5.43 Å². The molecule has 0 saturated carbocycles. The lowest BCUT2D eigenvalue weighted by Crippen LogP contribution is -2.16. The van der Waals surface area contributed by atoms with Crippen LogP contribution in [0.2, 0.25) is 0 Å². The van der Waals surface area contributed by atoms with Crippen LogP contribution in [0.1, 0.15) is 27.2 Å². The van der Waals surface area contributed by atoms with E-state index in [-0.39, 0.29) is 11.7 Å². The summed E-state index contributed by atoms with van der Waals surface area (Å²) in [5.74, 6) is -0.0962. The van der Waals surface area contributed by atoms with E-state index < -0.39 is 0 Å². The number of hydrogen-bond acceptors (Lipinski definition) is 4. The van der Waals surface area contributed by atoms with Gasteiger partial charge in [0.05, 0.1) is 12.5 Å². The minimum Gasteiger partial charge on any atom is -0.459 e. The van der Waals surface area contributed by atoms with Crippen LogP contribution >= 0.6 is 11.3 Å². The second-order valence-electron chi connectivity index (χ2n) is 3.33. The molecule has 0 bridgehead atoms. The highest BCUT2D eigenvalue weighted by molar-refractivity contribution is 7.13. The number of thiophene rings is 1. The summed E-state index contributed by atoms with van der Waals surface area (Å²) in [4.78, 5) is 13.8. The van der Waals surface area contributed by atoms with Gasteiger partial charge in [0.2, 0.25) is 0 Å². The van der Waals surface area contributed by atoms with E-state index in [1.54, 1.807) is 29.7 Å². The van der Waals surface area contributed by atoms with Crippen molar-refractivity contribution < 1.29 is 9.21 Å². The first-order valence-electron chi connectivity index (χ1n) is 5.25. The van der Waals surface area contributed by atoms with Crippen LogP contribution in [0.4, 0.5) is 0 Å². The van der Waals surface area contributed by atoms with Gasteiger partial charge >= 0.3 is 5.91 Å². The third kappa shape index (κ3) is 3.04. The molecule has 88 valence electrons. The van der Waals surface area contributed by atoms with Gasteiger partial charge in [0, 0.05) is 9.75 Å². The molecule has 0 aliphatic carbocycles. The Labute approximate surface area is 103 Å². The van der Waals surface area contributed by atoms with Gasteiger partial charge in [-0.3, -0.25) is 4.79 Å². The van der Waals surface area contributed by atoms with Crippen LogP contribution < -0.4 is 5.43 Å². The lowest BCUT2D eigenvalue weighted by atomic mass is 10.4. The highest BCUT2D eigenvalue weighted by Crippen LogP contribution is 2.14. The Morgan fingerprint density at radius 3 is 3.06 bits per heavy atom. The average Bonchev–Trinajstić information content (AvgIpc) is 3.00. The Kier molecular flexibility index (Phi) is 3.72. The normalized spacial score (nSPS) is 10.9. The van der Waals surface area contributed by atoms with Crippen molar-refractivity contribution >= 4 is 23.5 Å². The molecule has 0 saturated heterocycles. The van der Waals surface area contributed by atoms with Gasteiger partial charge in [0.25, 0.3) is 0 Å². The number of nitrogens with one attached hydrogen (secondary N) is 1. The zero-order valence-corrected chi connectivity index (χ0v) is 10.2. The van der Waals surface area contributed by atoms with Crippen LogP contribution in [0, 0.1) is 0 Å². The molecule has 0 aromatic carbocycles. The number of amides is 1. The van der Waals surface area contributed by atoms with Gasteiger partial charge in [-0.1, -0.05) is 6.92 Å². The number of hydrazone groups is 1. The van der Waals surface area contributed by atoms with Gasteiger partial charge in [0.1, 0.15) is 0 Å². The number of furan rings is 1. The Morgan fingerprint density at radius 2 is 2.41 bits per heavy atom. The van der Waals surface area contributed by atoms with Crippen molar-refractivity contribution in [2.45, 2.75) is 13.3 Å². The van der Waals surface area contributed by atoms with E-state index >= 15 is 0 Å². The monoisotopic (exact) mass is 248 g/mol. The van der Waals surface area contributed by atoms with Crippen molar-refractivity contribution in [2.75, 3.05) is 0 Å². The van der Waals surface area contributed by atoms with Crippen LogP contribution in [-0.4, -0.2) is 12.1 Å². The lowest BCUT2D eigenvalue weighted by molar-refractivity contribution is 0.0927. The maximum atomic E-state index is 11.4. The molecule has 0 unspecified atom stereocenters. The average molecular weight is 248 g/mol. The number of hydrogen-bond donors (Lipinski definition) is 1. The summed E-state index contributed by atoms with van der Waals surface area (Å²) in [6, 6.07) is 7.28. The van der Waals surface area contributed by atoms with E-state index in [2.05, 4.69) is 23.5 Å². The minimum absolute atomic E-state index is 0.252. The first kappa shape index (κ1) is 11.6. The molecular formula is C12H12N2O2S. The van der Waals surface area contributed by atoms with Gasteiger partial charge < -0.3 is 4.42 Å². The molecule has 2 rings (SSSR count). The molecule has 2 aromatic heterocycles. The number of rotatable bonds is 4. The quantitative estimate of drug-likeness (QED) is 0.668. The molecule has 0 aliphatic heterocycles. The Morgan fingerprint density at radius 1 is 1.53 bits per heavy atom. The fourth-order valence-corrected chi connectivity index (χ4v) is 2.10. The van der Waals surface area contributed by atoms with Crippen LogP contribution in [0.5, 0.6) is 0 Å². The molecule has 0 aliphatic rings. The van der Waals surface area contributed by atoms with E-state index in [0.717, 1.165) is 11.3 Å². The lowest BCUT2D eigenvalue weighted by Gasteiger charge is -1.93. The number of aryl methyl sites for hydroxylation is 1. The Balaban J connectivity index is 1.91.